The number of nitrogens with one attached hydrogen (secondary N) is 1. The summed E-state index contributed by atoms with van der Waals surface area (Å²) in [5, 5.41) is 13.5. The van der Waals surface area contributed by atoms with E-state index < -0.39 is 0 Å². The van der Waals surface area contributed by atoms with Crippen LogP contribution < -0.4 is 5.32 Å². The average molecular weight is 354 g/mol. The first-order valence-corrected chi connectivity index (χ1v) is 9.38. The molecule has 0 radical (unpaired) electrons. The number of benzene rings is 1. The second kappa shape index (κ2) is 7.21. The van der Waals surface area contributed by atoms with Gasteiger partial charge in [0.1, 0.15) is 5.84 Å². The molecule has 0 aromatic heterocycles. The van der Waals surface area contributed by atoms with E-state index in [9.17, 15) is 9.90 Å². The van der Waals surface area contributed by atoms with Gasteiger partial charge in [-0.3, -0.25) is 9.79 Å². The zero-order valence-corrected chi connectivity index (χ0v) is 15.2. The summed E-state index contributed by atoms with van der Waals surface area (Å²) in [6, 6.07) is 7.85. The molecule has 1 saturated heterocycles. The molecule has 26 heavy (non-hydrogen) atoms. The molecule has 6 nitrogen and oxygen atoms in total. The van der Waals surface area contributed by atoms with E-state index in [4.69, 9.17) is 0 Å². The van der Waals surface area contributed by atoms with Crippen molar-refractivity contribution in [3.8, 4) is 0 Å². The van der Waals surface area contributed by atoms with Crippen LogP contribution in [-0.4, -0.2) is 72.5 Å². The second-order valence-corrected chi connectivity index (χ2v) is 7.42. The van der Waals surface area contributed by atoms with Gasteiger partial charge in [0, 0.05) is 50.4 Å². The number of rotatable bonds is 2. The molecule has 6 heteroatoms. The quantitative estimate of drug-likeness (QED) is 0.837. The third-order valence-corrected chi connectivity index (χ3v) is 5.65. The van der Waals surface area contributed by atoms with Gasteiger partial charge in [-0.2, -0.15) is 0 Å². The molecule has 3 aliphatic rings. The van der Waals surface area contributed by atoms with E-state index in [1.54, 1.807) is 0 Å². The molecule has 1 aromatic carbocycles. The molecule has 4 rings (SSSR count). The number of fused-ring (bicyclic) bond motifs is 1. The van der Waals surface area contributed by atoms with Crippen molar-refractivity contribution < 1.29 is 9.90 Å². The van der Waals surface area contributed by atoms with E-state index in [1.165, 1.54) is 0 Å². The highest BCUT2D eigenvalue weighted by atomic mass is 16.3. The minimum absolute atomic E-state index is 0.0513. The van der Waals surface area contributed by atoms with Crippen molar-refractivity contribution >= 4 is 17.3 Å². The number of aliphatic hydroxyl groups excluding tert-OH is 1. The van der Waals surface area contributed by atoms with E-state index in [-0.39, 0.29) is 17.9 Å². The summed E-state index contributed by atoms with van der Waals surface area (Å²) in [6.45, 7) is 4.11. The van der Waals surface area contributed by atoms with Gasteiger partial charge >= 0.3 is 0 Å². The maximum atomic E-state index is 12.7. The number of aliphatic hydroxyl groups is 1. The number of amidine groups is 1. The lowest BCUT2D eigenvalue weighted by molar-refractivity contribution is 0.0664. The molecule has 1 amide bonds. The number of carbonyl (C=O) groups is 1. The number of likely N-dealkylation sites (N-methyl/N-ethyl adjacent to an activating group) is 1. The van der Waals surface area contributed by atoms with Crippen LogP contribution >= 0.6 is 0 Å². The SMILES string of the molecule is CN1CCN(C(=O)c2ccc(C3=CNC4=NCCC(O)C4C3)cc2)CC1. The van der Waals surface area contributed by atoms with Gasteiger partial charge in [-0.25, -0.2) is 0 Å². The Kier molecular flexibility index (Phi) is 4.78. The topological polar surface area (TPSA) is 68.2 Å². The number of allylic oxidation sites excluding steroid dienone is 1. The van der Waals surface area contributed by atoms with Gasteiger partial charge in [0.05, 0.1) is 6.10 Å². The molecule has 0 bridgehead atoms. The molecular formula is C20H26N4O2. The van der Waals surface area contributed by atoms with Gasteiger partial charge in [-0.05, 0) is 43.2 Å². The molecule has 0 spiro atoms. The maximum absolute atomic E-state index is 12.7. The molecule has 0 saturated carbocycles. The van der Waals surface area contributed by atoms with Crippen molar-refractivity contribution in [2.24, 2.45) is 10.9 Å². The average Bonchev–Trinajstić information content (AvgIpc) is 2.68. The number of nitrogens with zero attached hydrogens (tertiary/aromatic N) is 3. The van der Waals surface area contributed by atoms with Gasteiger partial charge in [-0.15, -0.1) is 0 Å². The van der Waals surface area contributed by atoms with Gasteiger partial charge < -0.3 is 20.2 Å². The standard InChI is InChI=1S/C20H26N4O2/c1-23-8-10-24(11-9-23)20(26)15-4-2-14(3-5-15)16-12-17-18(25)6-7-21-19(17)22-13-16/h2-5,13,17-18,25H,6-12H2,1H3,(H,21,22). The molecule has 3 heterocycles. The molecule has 138 valence electrons. The first kappa shape index (κ1) is 17.2. The number of carbonyl (C=O) groups excluding carboxylic acids is 1. The summed E-state index contributed by atoms with van der Waals surface area (Å²) in [5.41, 5.74) is 2.97. The zero-order chi connectivity index (χ0) is 18.1. The van der Waals surface area contributed by atoms with Crippen LogP contribution in [0.25, 0.3) is 5.57 Å². The van der Waals surface area contributed by atoms with Crippen LogP contribution in [0.2, 0.25) is 0 Å². The summed E-state index contributed by atoms with van der Waals surface area (Å²) in [7, 11) is 2.09. The number of hydrogen-bond acceptors (Lipinski definition) is 5. The van der Waals surface area contributed by atoms with Crippen LogP contribution in [0.1, 0.15) is 28.8 Å². The minimum atomic E-state index is -0.336. The number of piperazine rings is 1. The summed E-state index contributed by atoms with van der Waals surface area (Å²) in [4.78, 5) is 21.3. The second-order valence-electron chi connectivity index (χ2n) is 7.42. The normalized spacial score (nSPS) is 26.5. The van der Waals surface area contributed by atoms with Crippen molar-refractivity contribution in [1.29, 1.82) is 0 Å². The highest BCUT2D eigenvalue weighted by molar-refractivity contribution is 5.95. The van der Waals surface area contributed by atoms with Crippen LogP contribution in [0.4, 0.5) is 0 Å². The molecule has 1 aromatic rings. The van der Waals surface area contributed by atoms with Crippen LogP contribution in [0.15, 0.2) is 35.5 Å². The van der Waals surface area contributed by atoms with Gasteiger partial charge in [0.25, 0.3) is 5.91 Å². The Labute approximate surface area is 154 Å². The lowest BCUT2D eigenvalue weighted by Gasteiger charge is -2.33. The minimum Gasteiger partial charge on any atom is -0.392 e. The van der Waals surface area contributed by atoms with Crippen molar-refractivity contribution in [3.05, 3.63) is 41.6 Å². The predicted molar refractivity (Wildman–Crippen MR) is 102 cm³/mol. The molecule has 2 unspecified atom stereocenters. The maximum Gasteiger partial charge on any atom is 0.253 e. The van der Waals surface area contributed by atoms with E-state index in [2.05, 4.69) is 22.3 Å². The van der Waals surface area contributed by atoms with E-state index in [1.807, 2.05) is 35.4 Å². The van der Waals surface area contributed by atoms with E-state index >= 15 is 0 Å². The predicted octanol–water partition coefficient (Wildman–Crippen LogP) is 1.19. The molecule has 1 fully saturated rings. The molecular weight excluding hydrogens is 328 g/mol. The summed E-state index contributed by atoms with van der Waals surface area (Å²) in [5.74, 6) is 1.06. The molecule has 2 atom stereocenters. The Morgan fingerprint density at radius 1 is 1.19 bits per heavy atom. The highest BCUT2D eigenvalue weighted by Gasteiger charge is 2.31. The number of hydrogen-bond donors (Lipinski definition) is 2. The summed E-state index contributed by atoms with van der Waals surface area (Å²) in [6.07, 6.45) is 3.14. The van der Waals surface area contributed by atoms with Crippen LogP contribution in [0.3, 0.4) is 0 Å². The fourth-order valence-electron chi connectivity index (χ4n) is 3.88. The largest absolute Gasteiger partial charge is 0.392 e. The summed E-state index contributed by atoms with van der Waals surface area (Å²) < 4.78 is 0. The highest BCUT2D eigenvalue weighted by Crippen LogP contribution is 2.31. The molecule has 2 N–H and O–H groups in total. The van der Waals surface area contributed by atoms with Crippen molar-refractivity contribution in [3.63, 3.8) is 0 Å². The first-order chi connectivity index (χ1) is 12.6. The number of amides is 1. The molecule has 3 aliphatic heterocycles. The fourth-order valence-corrected chi connectivity index (χ4v) is 3.88. The van der Waals surface area contributed by atoms with Crippen molar-refractivity contribution in [2.45, 2.75) is 18.9 Å². The Morgan fingerprint density at radius 3 is 2.65 bits per heavy atom. The number of aliphatic imine (C=N–C) groups is 1. The lowest BCUT2D eigenvalue weighted by atomic mass is 9.85. The third-order valence-electron chi connectivity index (χ3n) is 5.65. The van der Waals surface area contributed by atoms with E-state index in [0.717, 1.165) is 61.6 Å². The van der Waals surface area contributed by atoms with Gasteiger partial charge in [-0.1, -0.05) is 12.1 Å². The fraction of sp³-hybridized carbons (Fsp3) is 0.500. The zero-order valence-electron chi connectivity index (χ0n) is 15.2. The lowest BCUT2D eigenvalue weighted by Crippen LogP contribution is -2.47. The Balaban J connectivity index is 1.46. The first-order valence-electron chi connectivity index (χ1n) is 9.38. The van der Waals surface area contributed by atoms with Gasteiger partial charge in [0.2, 0.25) is 0 Å². The smallest absolute Gasteiger partial charge is 0.253 e. The van der Waals surface area contributed by atoms with Crippen LogP contribution in [0.5, 0.6) is 0 Å². The Morgan fingerprint density at radius 2 is 1.92 bits per heavy atom. The Bertz CT molecular complexity index is 733. The Hall–Kier alpha value is -2.18. The van der Waals surface area contributed by atoms with Gasteiger partial charge in [0.15, 0.2) is 0 Å². The monoisotopic (exact) mass is 354 g/mol. The van der Waals surface area contributed by atoms with Crippen molar-refractivity contribution in [1.82, 2.24) is 15.1 Å². The van der Waals surface area contributed by atoms with Crippen LogP contribution in [0, 0.1) is 5.92 Å². The third kappa shape index (κ3) is 3.39. The molecule has 0 aliphatic carbocycles. The van der Waals surface area contributed by atoms with E-state index in [0.29, 0.717) is 6.54 Å². The summed E-state index contributed by atoms with van der Waals surface area (Å²) >= 11 is 0. The van der Waals surface area contributed by atoms with Crippen molar-refractivity contribution in [2.75, 3.05) is 39.8 Å². The van der Waals surface area contributed by atoms with Crippen LogP contribution in [-0.2, 0) is 0 Å².